The minimum absolute atomic E-state index is 0.0413. The van der Waals surface area contributed by atoms with Crippen LogP contribution in [-0.2, 0) is 0 Å². The summed E-state index contributed by atoms with van der Waals surface area (Å²) in [5.41, 5.74) is 0.798. The van der Waals surface area contributed by atoms with Crippen molar-refractivity contribution < 1.29 is 13.8 Å². The topological polar surface area (TPSA) is 84.4 Å². The molecule has 1 saturated heterocycles. The van der Waals surface area contributed by atoms with Crippen molar-refractivity contribution in [1.82, 2.24) is 15.2 Å². The van der Waals surface area contributed by atoms with Crippen LogP contribution in [0.5, 0.6) is 0 Å². The van der Waals surface area contributed by atoms with Crippen molar-refractivity contribution in [1.29, 1.82) is 0 Å². The van der Waals surface area contributed by atoms with Crippen molar-refractivity contribution in [3.63, 3.8) is 0 Å². The normalized spacial score (nSPS) is 18.5. The molecule has 0 aromatic carbocycles. The quantitative estimate of drug-likeness (QED) is 0.911. The number of hydrogen-bond acceptors (Lipinski definition) is 5. The fourth-order valence-corrected chi connectivity index (χ4v) is 2.47. The van der Waals surface area contributed by atoms with E-state index in [9.17, 15) is 4.79 Å². The predicted octanol–water partition coefficient (Wildman–Crippen LogP) is 2.65. The van der Waals surface area contributed by atoms with Crippen LogP contribution in [0.3, 0.4) is 0 Å². The molecule has 0 unspecified atom stereocenters. The maximum Gasteiger partial charge on any atom is 0.323 e. The number of aromatic nitrogens is 2. The van der Waals surface area contributed by atoms with Gasteiger partial charge in [0.15, 0.2) is 5.82 Å². The third kappa shape index (κ3) is 2.38. The molecule has 2 aromatic heterocycles. The van der Waals surface area contributed by atoms with Gasteiger partial charge in [-0.3, -0.25) is 5.32 Å². The summed E-state index contributed by atoms with van der Waals surface area (Å²) < 4.78 is 10.0. The smallest absolute Gasteiger partial charge is 0.323 e. The number of anilines is 1. The van der Waals surface area contributed by atoms with Gasteiger partial charge in [-0.1, -0.05) is 10.3 Å². The molecule has 3 heterocycles. The summed E-state index contributed by atoms with van der Waals surface area (Å²) in [5, 5.41) is 10.5. The summed E-state index contributed by atoms with van der Waals surface area (Å²) in [5.74, 6) is 1.83. The molecule has 20 heavy (non-hydrogen) atoms. The molecule has 0 bridgehead atoms. The molecule has 0 radical (unpaired) electrons. The number of nitrogens with one attached hydrogen (secondary N) is 1. The Balaban J connectivity index is 1.73. The van der Waals surface area contributed by atoms with Crippen LogP contribution in [0.15, 0.2) is 21.2 Å². The van der Waals surface area contributed by atoms with E-state index in [-0.39, 0.29) is 12.1 Å². The summed E-state index contributed by atoms with van der Waals surface area (Å²) >= 11 is 0. The minimum Gasteiger partial charge on any atom is -0.361 e. The molecule has 7 nitrogen and oxygen atoms in total. The summed E-state index contributed by atoms with van der Waals surface area (Å²) in [6.45, 7) is 4.31. The molecule has 1 atom stereocenters. The van der Waals surface area contributed by atoms with Gasteiger partial charge < -0.3 is 13.9 Å². The fraction of sp³-hybridized carbons (Fsp3) is 0.462. The van der Waals surface area contributed by atoms with Gasteiger partial charge >= 0.3 is 6.03 Å². The molecule has 3 rings (SSSR count). The first-order valence-corrected chi connectivity index (χ1v) is 6.57. The Bertz CT molecular complexity index is 619. The minimum atomic E-state index is -0.193. The number of likely N-dealkylation sites (tertiary alicyclic amines) is 1. The first-order chi connectivity index (χ1) is 9.63. The third-order valence-corrected chi connectivity index (χ3v) is 3.36. The van der Waals surface area contributed by atoms with Gasteiger partial charge in [-0.2, -0.15) is 0 Å². The summed E-state index contributed by atoms with van der Waals surface area (Å²) in [6, 6.07) is 3.32. The highest BCUT2D eigenvalue weighted by Gasteiger charge is 2.32. The van der Waals surface area contributed by atoms with E-state index in [1.165, 1.54) is 0 Å². The summed E-state index contributed by atoms with van der Waals surface area (Å²) in [7, 11) is 0. The molecule has 7 heteroatoms. The van der Waals surface area contributed by atoms with Crippen molar-refractivity contribution in [2.24, 2.45) is 0 Å². The van der Waals surface area contributed by atoms with E-state index in [1.807, 2.05) is 13.0 Å². The lowest BCUT2D eigenvalue weighted by Crippen LogP contribution is -2.34. The van der Waals surface area contributed by atoms with E-state index in [4.69, 9.17) is 9.05 Å². The average molecular weight is 276 g/mol. The highest BCUT2D eigenvalue weighted by molar-refractivity contribution is 5.88. The zero-order valence-corrected chi connectivity index (χ0v) is 11.4. The Kier molecular flexibility index (Phi) is 3.17. The van der Waals surface area contributed by atoms with Crippen molar-refractivity contribution in [2.75, 3.05) is 11.9 Å². The molecule has 1 aliphatic rings. The van der Waals surface area contributed by atoms with Crippen LogP contribution in [0.4, 0.5) is 10.6 Å². The van der Waals surface area contributed by atoms with Gasteiger partial charge in [-0.25, -0.2) is 4.79 Å². The molecule has 1 fully saturated rings. The third-order valence-electron chi connectivity index (χ3n) is 3.36. The second-order valence-corrected chi connectivity index (χ2v) is 4.97. The van der Waals surface area contributed by atoms with Crippen molar-refractivity contribution in [3.8, 4) is 0 Å². The summed E-state index contributed by atoms with van der Waals surface area (Å²) in [4.78, 5) is 14.0. The van der Waals surface area contributed by atoms with Gasteiger partial charge in [-0.15, -0.1) is 0 Å². The molecule has 0 saturated carbocycles. The number of hydrogen-bond donors (Lipinski definition) is 1. The maximum atomic E-state index is 12.3. The number of rotatable bonds is 2. The van der Waals surface area contributed by atoms with Crippen LogP contribution >= 0.6 is 0 Å². The number of nitrogens with zero attached hydrogens (tertiary/aromatic N) is 3. The van der Waals surface area contributed by atoms with E-state index in [2.05, 4.69) is 15.6 Å². The van der Waals surface area contributed by atoms with Crippen LogP contribution in [-0.4, -0.2) is 27.8 Å². The molecule has 0 spiro atoms. The lowest BCUT2D eigenvalue weighted by Gasteiger charge is -2.22. The highest BCUT2D eigenvalue weighted by atomic mass is 16.5. The van der Waals surface area contributed by atoms with Crippen LogP contribution in [0.1, 0.15) is 36.1 Å². The Morgan fingerprint density at radius 2 is 2.05 bits per heavy atom. The second-order valence-electron chi connectivity index (χ2n) is 4.97. The lowest BCUT2D eigenvalue weighted by molar-refractivity contribution is 0.204. The van der Waals surface area contributed by atoms with Crippen molar-refractivity contribution >= 4 is 11.8 Å². The maximum absolute atomic E-state index is 12.3. The number of carbonyl (C=O) groups is 1. The average Bonchev–Trinajstić information content (AvgIpc) is 3.09. The molecular weight excluding hydrogens is 260 g/mol. The second kappa shape index (κ2) is 4.99. The molecule has 1 N–H and O–H groups in total. The van der Waals surface area contributed by atoms with Crippen LogP contribution in [0.25, 0.3) is 0 Å². The van der Waals surface area contributed by atoms with E-state index < -0.39 is 0 Å². The molecule has 2 aromatic rings. The molecule has 2 amide bonds. The van der Waals surface area contributed by atoms with E-state index in [0.29, 0.717) is 18.1 Å². The monoisotopic (exact) mass is 276 g/mol. The number of urea groups is 1. The molecule has 1 aliphatic heterocycles. The first-order valence-electron chi connectivity index (χ1n) is 6.57. The Morgan fingerprint density at radius 3 is 2.70 bits per heavy atom. The molecule has 106 valence electrons. The van der Waals surface area contributed by atoms with Crippen LogP contribution in [0, 0.1) is 13.8 Å². The van der Waals surface area contributed by atoms with Gasteiger partial charge in [0.2, 0.25) is 0 Å². The number of carbonyl (C=O) groups excluding carboxylic acids is 1. The Hall–Kier alpha value is -2.31. The SMILES string of the molecule is Cc1cc(NC(=O)N2CCC[C@@H]2c2cc(C)on2)no1. The number of amides is 2. The molecule has 0 aliphatic carbocycles. The van der Waals surface area contributed by atoms with Gasteiger partial charge in [0, 0.05) is 18.7 Å². The van der Waals surface area contributed by atoms with Crippen molar-refractivity contribution in [2.45, 2.75) is 32.7 Å². The van der Waals surface area contributed by atoms with Crippen molar-refractivity contribution in [3.05, 3.63) is 29.3 Å². The zero-order valence-electron chi connectivity index (χ0n) is 11.4. The van der Waals surface area contributed by atoms with Gasteiger partial charge in [0.05, 0.1) is 6.04 Å². The van der Waals surface area contributed by atoms with Crippen LogP contribution in [0.2, 0.25) is 0 Å². The zero-order chi connectivity index (χ0) is 14.1. The number of aryl methyl sites for hydroxylation is 2. The lowest BCUT2D eigenvalue weighted by atomic mass is 10.1. The predicted molar refractivity (Wildman–Crippen MR) is 70.2 cm³/mol. The summed E-state index contributed by atoms with van der Waals surface area (Å²) in [6.07, 6.45) is 1.83. The first kappa shape index (κ1) is 12.7. The van der Waals surface area contributed by atoms with Gasteiger partial charge in [0.1, 0.15) is 17.2 Å². The van der Waals surface area contributed by atoms with Crippen LogP contribution < -0.4 is 5.32 Å². The van der Waals surface area contributed by atoms with Gasteiger partial charge in [0.25, 0.3) is 0 Å². The van der Waals surface area contributed by atoms with Gasteiger partial charge in [-0.05, 0) is 26.7 Å². The molecular formula is C13H16N4O3. The Labute approximate surface area is 115 Å². The van der Waals surface area contributed by atoms with E-state index in [0.717, 1.165) is 24.3 Å². The Morgan fingerprint density at radius 1 is 1.30 bits per heavy atom. The highest BCUT2D eigenvalue weighted by Crippen LogP contribution is 2.31. The largest absolute Gasteiger partial charge is 0.361 e. The van der Waals surface area contributed by atoms with E-state index in [1.54, 1.807) is 17.9 Å². The fourth-order valence-electron chi connectivity index (χ4n) is 2.47. The van der Waals surface area contributed by atoms with E-state index >= 15 is 0 Å². The standard InChI is InChI=1S/C13H16N4O3/c1-8-6-10(15-19-8)11-4-3-5-17(11)13(18)14-12-7-9(2)20-16-12/h6-7,11H,3-5H2,1-2H3,(H,14,16,18)/t11-/m1/s1.